The number of carbonyl (C=O) groups excluding carboxylic acids is 2. The van der Waals surface area contributed by atoms with E-state index in [2.05, 4.69) is 62.5 Å². The van der Waals surface area contributed by atoms with Crippen LogP contribution < -0.4 is 0 Å². The molecule has 4 N–H and O–H groups in total. The molecule has 0 aromatic carbocycles. The van der Waals surface area contributed by atoms with Gasteiger partial charge in [0, 0.05) is 12.8 Å². The Morgan fingerprint density at radius 3 is 1.38 bits per heavy atom. The molecular weight excluding hydrogens is 809 g/mol. The fourth-order valence-electron chi connectivity index (χ4n) is 7.58. The van der Waals surface area contributed by atoms with Crippen LogP contribution in [0.2, 0.25) is 0 Å². The highest BCUT2D eigenvalue weighted by atomic mass is 16.7. The Labute approximate surface area is 390 Å². The lowest BCUT2D eigenvalue weighted by Crippen LogP contribution is -2.59. The lowest BCUT2D eigenvalue weighted by atomic mass is 9.99. The maximum absolute atomic E-state index is 12.8. The van der Waals surface area contributed by atoms with Gasteiger partial charge < -0.3 is 39.4 Å². The van der Waals surface area contributed by atoms with E-state index in [0.717, 1.165) is 44.9 Å². The van der Waals surface area contributed by atoms with E-state index in [1.54, 1.807) is 0 Å². The molecule has 0 aromatic heterocycles. The molecule has 0 aliphatic carbocycles. The van der Waals surface area contributed by atoms with Crippen LogP contribution >= 0.6 is 0 Å². The van der Waals surface area contributed by atoms with Gasteiger partial charge in [-0.05, 0) is 51.4 Å². The topological polar surface area (TPSA) is 152 Å². The Kier molecular flexibility index (Phi) is 41.1. The van der Waals surface area contributed by atoms with Crippen molar-refractivity contribution in [2.75, 3.05) is 19.8 Å². The molecule has 0 radical (unpaired) electrons. The molecule has 1 aliphatic rings. The molecule has 1 fully saturated rings. The first-order chi connectivity index (χ1) is 31.3. The fourth-order valence-corrected chi connectivity index (χ4v) is 7.58. The quantitative estimate of drug-likeness (QED) is 0.0264. The van der Waals surface area contributed by atoms with E-state index in [0.29, 0.717) is 12.8 Å². The number of aliphatic hydroxyl groups is 4. The van der Waals surface area contributed by atoms with Gasteiger partial charge in [-0.3, -0.25) is 9.59 Å². The number of ether oxygens (including phenoxy) is 4. The predicted molar refractivity (Wildman–Crippen MR) is 261 cm³/mol. The van der Waals surface area contributed by atoms with Crippen LogP contribution in [0.3, 0.4) is 0 Å². The van der Waals surface area contributed by atoms with Crippen molar-refractivity contribution >= 4 is 11.9 Å². The molecule has 1 rings (SSSR count). The van der Waals surface area contributed by atoms with Gasteiger partial charge in [-0.2, -0.15) is 0 Å². The van der Waals surface area contributed by atoms with Gasteiger partial charge in [0.15, 0.2) is 12.4 Å². The molecule has 1 heterocycles. The summed E-state index contributed by atoms with van der Waals surface area (Å²) < 4.78 is 22.2. The van der Waals surface area contributed by atoms with Gasteiger partial charge in [-0.25, -0.2) is 0 Å². The van der Waals surface area contributed by atoms with Gasteiger partial charge in [0.2, 0.25) is 0 Å². The molecule has 0 saturated carbocycles. The van der Waals surface area contributed by atoms with E-state index < -0.39 is 55.4 Å². The number of unbranched alkanes of at least 4 members (excludes halogenated alkanes) is 22. The predicted octanol–water partition coefficient (Wildman–Crippen LogP) is 12.2. The Morgan fingerprint density at radius 1 is 0.484 bits per heavy atom. The van der Waals surface area contributed by atoms with E-state index >= 15 is 0 Å². The van der Waals surface area contributed by atoms with Gasteiger partial charge in [-0.1, -0.05) is 209 Å². The molecule has 6 atom stereocenters. The van der Waals surface area contributed by atoms with Crippen LogP contribution in [-0.2, 0) is 28.5 Å². The van der Waals surface area contributed by atoms with Crippen LogP contribution in [0.4, 0.5) is 0 Å². The average Bonchev–Trinajstić information content (AvgIpc) is 3.29. The van der Waals surface area contributed by atoms with Crippen molar-refractivity contribution in [2.45, 2.75) is 250 Å². The van der Waals surface area contributed by atoms with E-state index in [9.17, 15) is 30.0 Å². The highest BCUT2D eigenvalue weighted by Crippen LogP contribution is 2.23. The molecule has 64 heavy (non-hydrogen) atoms. The molecule has 0 aromatic rings. The van der Waals surface area contributed by atoms with Crippen molar-refractivity contribution < 1.29 is 49.0 Å². The number of rotatable bonds is 43. The van der Waals surface area contributed by atoms with Gasteiger partial charge in [-0.15, -0.1) is 0 Å². The monoisotopic (exact) mass is 903 g/mol. The Hall–Kier alpha value is -2.60. The second-order valence-corrected chi connectivity index (χ2v) is 17.6. The van der Waals surface area contributed by atoms with Crippen LogP contribution in [0.1, 0.15) is 213 Å². The van der Waals surface area contributed by atoms with Crippen molar-refractivity contribution in [1.82, 2.24) is 0 Å². The first-order valence-corrected chi connectivity index (χ1v) is 25.9. The van der Waals surface area contributed by atoms with Crippen molar-refractivity contribution in [1.29, 1.82) is 0 Å². The highest BCUT2D eigenvalue weighted by molar-refractivity contribution is 5.70. The Morgan fingerprint density at radius 2 is 0.906 bits per heavy atom. The smallest absolute Gasteiger partial charge is 0.306 e. The van der Waals surface area contributed by atoms with Crippen molar-refractivity contribution in [3.05, 3.63) is 60.8 Å². The molecule has 1 saturated heterocycles. The maximum Gasteiger partial charge on any atom is 0.306 e. The second kappa shape index (κ2) is 44.2. The second-order valence-electron chi connectivity index (χ2n) is 17.6. The van der Waals surface area contributed by atoms with Crippen LogP contribution in [0.25, 0.3) is 0 Å². The number of esters is 2. The van der Waals surface area contributed by atoms with Gasteiger partial charge in [0.05, 0.1) is 13.2 Å². The molecule has 10 nitrogen and oxygen atoms in total. The van der Waals surface area contributed by atoms with Gasteiger partial charge in [0.25, 0.3) is 0 Å². The molecule has 1 aliphatic heterocycles. The van der Waals surface area contributed by atoms with Crippen molar-refractivity contribution in [3.8, 4) is 0 Å². The van der Waals surface area contributed by atoms with E-state index in [4.69, 9.17) is 18.9 Å². The lowest BCUT2D eigenvalue weighted by molar-refractivity contribution is -0.305. The largest absolute Gasteiger partial charge is 0.462 e. The summed E-state index contributed by atoms with van der Waals surface area (Å²) in [6.07, 6.45) is 48.1. The Bertz CT molecular complexity index is 1230. The third-order valence-corrected chi connectivity index (χ3v) is 11.7. The van der Waals surface area contributed by atoms with Crippen LogP contribution in [-0.4, -0.2) is 89.0 Å². The zero-order chi connectivity index (χ0) is 46.6. The minimum atomic E-state index is -1.61. The normalized spacial score (nSPS) is 19.9. The summed E-state index contributed by atoms with van der Waals surface area (Å²) in [5.41, 5.74) is 0. The minimum absolute atomic E-state index is 0.152. The first-order valence-electron chi connectivity index (χ1n) is 25.9. The van der Waals surface area contributed by atoms with Crippen LogP contribution in [0.15, 0.2) is 60.8 Å². The summed E-state index contributed by atoms with van der Waals surface area (Å²) in [4.78, 5) is 25.4. The van der Waals surface area contributed by atoms with E-state index in [-0.39, 0.29) is 26.1 Å². The number of hydrogen-bond donors (Lipinski definition) is 4. The molecular formula is C54H94O10. The maximum atomic E-state index is 12.8. The van der Waals surface area contributed by atoms with Gasteiger partial charge >= 0.3 is 11.9 Å². The Balaban J connectivity index is 2.31. The van der Waals surface area contributed by atoms with Crippen LogP contribution in [0, 0.1) is 0 Å². The molecule has 0 spiro atoms. The summed E-state index contributed by atoms with van der Waals surface area (Å²) in [6, 6.07) is 0. The number of aliphatic hydroxyl groups excluding tert-OH is 4. The molecule has 0 amide bonds. The minimum Gasteiger partial charge on any atom is -0.462 e. The van der Waals surface area contributed by atoms with Crippen molar-refractivity contribution in [2.24, 2.45) is 0 Å². The fraction of sp³-hybridized carbons (Fsp3) is 0.778. The standard InChI is InChI=1S/C54H94O10/c1-3-5-7-9-11-13-15-17-19-21-23-25-27-29-31-33-35-37-39-41-43-50(57)63-47(46-62-54-53(60)52(59)51(58)48(44-55)64-54)45-61-49(56)42-40-38-36-34-32-30-28-26-24-22-20-18-16-14-12-10-8-6-4-2/h12,14,18,20,24,26,30,32,36,38,47-48,51-55,58-60H,3-11,13,15-17,19,21-23,25,27-29,31,33-35,37,39-46H2,1-2H3/b14-12+,20-18+,26-24+,32-30+,38-36+/t47-,48-,51+,52?,53?,54-/m1/s1. The summed E-state index contributed by atoms with van der Waals surface area (Å²) in [5.74, 6) is -0.897. The summed E-state index contributed by atoms with van der Waals surface area (Å²) in [7, 11) is 0. The SMILES string of the molecule is CCCCC/C=C/C/C=C/C/C=C/C/C=C/C/C=C/CCC(=O)OC[C@H](CO[C@@H]1O[C@H](CO)[C@H](O)C(O)C1O)OC(=O)CCCCCCCCCCCCCCCCCCCCCC. The molecule has 10 heteroatoms. The zero-order valence-electron chi connectivity index (χ0n) is 40.5. The number of carbonyl (C=O) groups is 2. The molecule has 0 bridgehead atoms. The van der Waals surface area contributed by atoms with Gasteiger partial charge in [0.1, 0.15) is 31.0 Å². The summed E-state index contributed by atoms with van der Waals surface area (Å²) >= 11 is 0. The molecule has 370 valence electrons. The van der Waals surface area contributed by atoms with E-state index in [1.165, 1.54) is 128 Å². The first kappa shape index (κ1) is 59.4. The lowest BCUT2D eigenvalue weighted by Gasteiger charge is -2.39. The third kappa shape index (κ3) is 34.7. The number of allylic oxidation sites excluding steroid dienone is 10. The van der Waals surface area contributed by atoms with Crippen molar-refractivity contribution in [3.63, 3.8) is 0 Å². The highest BCUT2D eigenvalue weighted by Gasteiger charge is 2.44. The summed E-state index contributed by atoms with van der Waals surface area (Å²) in [5, 5.41) is 40.2. The van der Waals surface area contributed by atoms with E-state index in [1.807, 2.05) is 12.2 Å². The average molecular weight is 903 g/mol. The van der Waals surface area contributed by atoms with Crippen LogP contribution in [0.5, 0.6) is 0 Å². The zero-order valence-corrected chi connectivity index (χ0v) is 40.5. The molecule has 2 unspecified atom stereocenters. The third-order valence-electron chi connectivity index (χ3n) is 11.7. The summed E-state index contributed by atoms with van der Waals surface area (Å²) in [6.45, 7) is 3.35. The number of hydrogen-bond acceptors (Lipinski definition) is 10.